The summed E-state index contributed by atoms with van der Waals surface area (Å²) in [7, 11) is -3.38. The Morgan fingerprint density at radius 2 is 1.48 bits per heavy atom. The molecule has 2 rings (SSSR count). The SMILES string of the molecule is COc1cc(NS(C)(=O)=O)ccc1C(=O)NCCN(C)CCc1ccc(NS(C)(=O)=O)cc1. The van der Waals surface area contributed by atoms with Gasteiger partial charge in [-0.1, -0.05) is 12.1 Å². The molecule has 0 saturated carbocycles. The molecule has 0 aromatic heterocycles. The number of sulfonamides is 2. The van der Waals surface area contributed by atoms with E-state index in [0.717, 1.165) is 31.0 Å². The number of ether oxygens (including phenoxy) is 1. The Labute approximate surface area is 195 Å². The van der Waals surface area contributed by atoms with Crippen LogP contribution in [0.5, 0.6) is 5.75 Å². The average Bonchev–Trinajstić information content (AvgIpc) is 2.70. The molecule has 0 fully saturated rings. The summed E-state index contributed by atoms with van der Waals surface area (Å²) in [4.78, 5) is 14.6. The molecule has 0 aliphatic heterocycles. The Morgan fingerprint density at radius 3 is 2.06 bits per heavy atom. The first-order chi connectivity index (χ1) is 15.4. The molecule has 0 spiro atoms. The van der Waals surface area contributed by atoms with Gasteiger partial charge in [0.15, 0.2) is 0 Å². The van der Waals surface area contributed by atoms with E-state index in [9.17, 15) is 21.6 Å². The summed E-state index contributed by atoms with van der Waals surface area (Å²) in [5, 5.41) is 2.84. The number of rotatable bonds is 12. The van der Waals surface area contributed by atoms with E-state index in [1.54, 1.807) is 12.1 Å². The third-order valence-electron chi connectivity index (χ3n) is 4.57. The van der Waals surface area contributed by atoms with E-state index in [1.807, 2.05) is 19.2 Å². The molecule has 3 N–H and O–H groups in total. The first kappa shape index (κ1) is 26.4. The van der Waals surface area contributed by atoms with Gasteiger partial charge in [-0.25, -0.2) is 16.8 Å². The number of anilines is 2. The molecule has 0 radical (unpaired) electrons. The molecule has 12 heteroatoms. The summed E-state index contributed by atoms with van der Waals surface area (Å²) in [5.74, 6) is -0.0524. The summed E-state index contributed by atoms with van der Waals surface area (Å²) in [6, 6.07) is 11.7. The van der Waals surface area contributed by atoms with Crippen molar-refractivity contribution in [2.45, 2.75) is 6.42 Å². The molecular weight excluding hydrogens is 468 g/mol. The lowest BCUT2D eigenvalue weighted by molar-refractivity contribution is 0.0947. The van der Waals surface area contributed by atoms with Crippen LogP contribution in [-0.4, -0.2) is 73.9 Å². The van der Waals surface area contributed by atoms with Crippen molar-refractivity contribution in [1.29, 1.82) is 0 Å². The van der Waals surface area contributed by atoms with Crippen molar-refractivity contribution < 1.29 is 26.4 Å². The molecule has 0 atom stereocenters. The Morgan fingerprint density at radius 1 is 0.909 bits per heavy atom. The van der Waals surface area contributed by atoms with Gasteiger partial charge in [0.1, 0.15) is 5.75 Å². The monoisotopic (exact) mass is 498 g/mol. The topological polar surface area (TPSA) is 134 Å². The standard InChI is InChI=1S/C21H30N4O6S2/c1-25(13-11-16-5-7-17(8-6-16)23-32(3,27)28)14-12-22-21(26)19-10-9-18(15-20(19)31-2)24-33(4,29)30/h5-10,15,23-24H,11-14H2,1-4H3,(H,22,26). The number of carbonyl (C=O) groups excluding carboxylic acids is 1. The van der Waals surface area contributed by atoms with Crippen LogP contribution in [0.3, 0.4) is 0 Å². The molecule has 0 bridgehead atoms. The first-order valence-electron chi connectivity index (χ1n) is 10.1. The Kier molecular flexibility index (Phi) is 9.08. The summed E-state index contributed by atoms with van der Waals surface area (Å²) in [5.41, 5.74) is 2.21. The number of amides is 1. The highest BCUT2D eigenvalue weighted by molar-refractivity contribution is 7.92. The second-order valence-electron chi connectivity index (χ2n) is 7.67. The summed E-state index contributed by atoms with van der Waals surface area (Å²) >= 11 is 0. The van der Waals surface area contributed by atoms with Crippen LogP contribution >= 0.6 is 0 Å². The lowest BCUT2D eigenvalue weighted by Crippen LogP contribution is -2.34. The normalized spacial score (nSPS) is 11.8. The zero-order valence-electron chi connectivity index (χ0n) is 19.1. The lowest BCUT2D eigenvalue weighted by atomic mass is 10.1. The fourth-order valence-electron chi connectivity index (χ4n) is 3.00. The molecular formula is C21H30N4O6S2. The van der Waals surface area contributed by atoms with Crippen LogP contribution in [0.25, 0.3) is 0 Å². The fraction of sp³-hybridized carbons (Fsp3) is 0.381. The van der Waals surface area contributed by atoms with E-state index in [2.05, 4.69) is 19.7 Å². The maximum absolute atomic E-state index is 12.5. The van der Waals surface area contributed by atoms with Gasteiger partial charge in [-0.05, 0) is 43.3 Å². The third kappa shape index (κ3) is 9.68. The molecule has 2 aromatic carbocycles. The quantitative estimate of drug-likeness (QED) is 0.402. The minimum absolute atomic E-state index is 0.267. The molecule has 33 heavy (non-hydrogen) atoms. The average molecular weight is 499 g/mol. The number of nitrogens with zero attached hydrogens (tertiary/aromatic N) is 1. The van der Waals surface area contributed by atoms with E-state index < -0.39 is 20.0 Å². The van der Waals surface area contributed by atoms with Crippen LogP contribution in [0.1, 0.15) is 15.9 Å². The molecule has 182 valence electrons. The fourth-order valence-corrected chi connectivity index (χ4v) is 4.12. The van der Waals surface area contributed by atoms with Crippen molar-refractivity contribution in [3.05, 3.63) is 53.6 Å². The van der Waals surface area contributed by atoms with Crippen LogP contribution in [0.4, 0.5) is 11.4 Å². The molecule has 2 aromatic rings. The number of hydrogen-bond donors (Lipinski definition) is 3. The van der Waals surface area contributed by atoms with Gasteiger partial charge in [-0.15, -0.1) is 0 Å². The van der Waals surface area contributed by atoms with Crippen molar-refractivity contribution >= 4 is 37.3 Å². The zero-order chi connectivity index (χ0) is 24.6. The van der Waals surface area contributed by atoms with E-state index in [4.69, 9.17) is 4.74 Å². The van der Waals surface area contributed by atoms with Crippen molar-refractivity contribution in [1.82, 2.24) is 10.2 Å². The molecule has 10 nitrogen and oxygen atoms in total. The molecule has 0 heterocycles. The van der Waals surface area contributed by atoms with Crippen molar-refractivity contribution in [2.24, 2.45) is 0 Å². The van der Waals surface area contributed by atoms with Crippen LogP contribution in [0, 0.1) is 0 Å². The highest BCUT2D eigenvalue weighted by Gasteiger charge is 2.14. The number of likely N-dealkylation sites (N-methyl/N-ethyl adjacent to an activating group) is 1. The van der Waals surface area contributed by atoms with Gasteiger partial charge in [-0.3, -0.25) is 14.2 Å². The third-order valence-corrected chi connectivity index (χ3v) is 5.78. The molecule has 0 unspecified atom stereocenters. The van der Waals surface area contributed by atoms with Gasteiger partial charge in [0.25, 0.3) is 5.91 Å². The first-order valence-corrected chi connectivity index (χ1v) is 13.8. The second-order valence-corrected chi connectivity index (χ2v) is 11.2. The van der Waals surface area contributed by atoms with Gasteiger partial charge >= 0.3 is 0 Å². The van der Waals surface area contributed by atoms with E-state index in [1.165, 1.54) is 25.3 Å². The van der Waals surface area contributed by atoms with E-state index in [-0.39, 0.29) is 11.7 Å². The van der Waals surface area contributed by atoms with Crippen LogP contribution in [0.2, 0.25) is 0 Å². The van der Waals surface area contributed by atoms with Gasteiger partial charge in [0, 0.05) is 31.4 Å². The summed E-state index contributed by atoms with van der Waals surface area (Å²) in [6.45, 7) is 1.79. The van der Waals surface area contributed by atoms with Gasteiger partial charge in [0.05, 0.1) is 30.9 Å². The van der Waals surface area contributed by atoms with Crippen molar-refractivity contribution in [2.75, 3.05) is 55.7 Å². The van der Waals surface area contributed by atoms with E-state index in [0.29, 0.717) is 30.0 Å². The smallest absolute Gasteiger partial charge is 0.255 e. The molecule has 0 aliphatic carbocycles. The zero-order valence-corrected chi connectivity index (χ0v) is 20.7. The number of benzene rings is 2. The molecule has 0 saturated heterocycles. The largest absolute Gasteiger partial charge is 0.496 e. The second kappa shape index (κ2) is 11.3. The number of methoxy groups -OCH3 is 1. The predicted molar refractivity (Wildman–Crippen MR) is 130 cm³/mol. The number of nitrogens with one attached hydrogen (secondary N) is 3. The lowest BCUT2D eigenvalue weighted by Gasteiger charge is -2.17. The van der Waals surface area contributed by atoms with Crippen LogP contribution in [-0.2, 0) is 26.5 Å². The van der Waals surface area contributed by atoms with Crippen LogP contribution < -0.4 is 19.5 Å². The van der Waals surface area contributed by atoms with Crippen LogP contribution in [0.15, 0.2) is 42.5 Å². The number of carbonyl (C=O) groups is 1. The molecule has 0 aliphatic rings. The summed E-state index contributed by atoms with van der Waals surface area (Å²) < 4.78 is 55.3. The highest BCUT2D eigenvalue weighted by Crippen LogP contribution is 2.23. The predicted octanol–water partition coefficient (Wildman–Crippen LogP) is 1.34. The minimum Gasteiger partial charge on any atom is -0.496 e. The Balaban J connectivity index is 1.82. The minimum atomic E-state index is -3.43. The van der Waals surface area contributed by atoms with Gasteiger partial charge < -0.3 is 15.0 Å². The Bertz CT molecular complexity index is 1170. The maximum atomic E-state index is 12.5. The van der Waals surface area contributed by atoms with Gasteiger partial charge in [0.2, 0.25) is 20.0 Å². The van der Waals surface area contributed by atoms with Gasteiger partial charge in [-0.2, -0.15) is 0 Å². The van der Waals surface area contributed by atoms with Crippen molar-refractivity contribution in [3.63, 3.8) is 0 Å². The maximum Gasteiger partial charge on any atom is 0.255 e. The molecule has 1 amide bonds. The number of hydrogen-bond acceptors (Lipinski definition) is 7. The van der Waals surface area contributed by atoms with E-state index >= 15 is 0 Å². The Hall–Kier alpha value is -2.83. The van der Waals surface area contributed by atoms with Crippen molar-refractivity contribution in [3.8, 4) is 5.75 Å². The highest BCUT2D eigenvalue weighted by atomic mass is 32.2. The summed E-state index contributed by atoms with van der Waals surface area (Å²) in [6.07, 6.45) is 2.92.